The first-order valence-corrected chi connectivity index (χ1v) is 11.3. The first-order valence-electron chi connectivity index (χ1n) is 10.4. The van der Waals surface area contributed by atoms with Gasteiger partial charge in [-0.15, -0.1) is 10.2 Å². The van der Waals surface area contributed by atoms with Gasteiger partial charge in [0.05, 0.1) is 27.6 Å². The van der Waals surface area contributed by atoms with Crippen molar-refractivity contribution in [3.63, 3.8) is 0 Å². The molecule has 1 unspecified atom stereocenters. The summed E-state index contributed by atoms with van der Waals surface area (Å²) in [6.45, 7) is 1.28. The van der Waals surface area contributed by atoms with E-state index in [0.29, 0.717) is 28.1 Å². The van der Waals surface area contributed by atoms with Crippen molar-refractivity contribution in [2.24, 2.45) is 18.7 Å². The SMILES string of the molecule is Cn1cnnc1Sc1ccc(C(=O)Nc2ccc(N3CCCC(C(N)=O)C3)nc2)cc1[N+](=O)[O-]. The summed E-state index contributed by atoms with van der Waals surface area (Å²) in [6, 6.07) is 7.70. The summed E-state index contributed by atoms with van der Waals surface area (Å²) in [7, 11) is 1.73. The molecule has 0 aliphatic carbocycles. The Hall–Kier alpha value is -4.00. The van der Waals surface area contributed by atoms with Crippen LogP contribution >= 0.6 is 11.8 Å². The third-order valence-corrected chi connectivity index (χ3v) is 6.56. The Morgan fingerprint density at radius 3 is 2.76 bits per heavy atom. The van der Waals surface area contributed by atoms with Crippen LogP contribution in [-0.4, -0.2) is 49.6 Å². The lowest BCUT2D eigenvalue weighted by atomic mass is 9.97. The third kappa shape index (κ3) is 5.14. The summed E-state index contributed by atoms with van der Waals surface area (Å²) < 4.78 is 1.64. The summed E-state index contributed by atoms with van der Waals surface area (Å²) in [5.74, 6) is -0.339. The topological polar surface area (TPSA) is 162 Å². The highest BCUT2D eigenvalue weighted by molar-refractivity contribution is 7.99. The Balaban J connectivity index is 1.46. The number of nitrogens with zero attached hydrogens (tertiary/aromatic N) is 6. The van der Waals surface area contributed by atoms with Gasteiger partial charge in [0.1, 0.15) is 12.1 Å². The summed E-state index contributed by atoms with van der Waals surface area (Å²) in [4.78, 5) is 42.0. The van der Waals surface area contributed by atoms with Crippen molar-refractivity contribution >= 4 is 40.8 Å². The van der Waals surface area contributed by atoms with E-state index < -0.39 is 10.8 Å². The number of rotatable bonds is 7. The summed E-state index contributed by atoms with van der Waals surface area (Å²) >= 11 is 1.09. The number of nitrogens with one attached hydrogen (secondary N) is 1. The van der Waals surface area contributed by atoms with Crippen LogP contribution in [0.15, 0.2) is 52.9 Å². The molecule has 1 atom stereocenters. The molecule has 3 N–H and O–H groups in total. The second-order valence-corrected chi connectivity index (χ2v) is 8.82. The van der Waals surface area contributed by atoms with Crippen molar-refractivity contribution in [1.82, 2.24) is 19.7 Å². The first kappa shape index (κ1) is 23.2. The number of hydrogen-bond donors (Lipinski definition) is 2. The van der Waals surface area contributed by atoms with E-state index in [1.807, 2.05) is 4.90 Å². The molecule has 3 heterocycles. The summed E-state index contributed by atoms with van der Waals surface area (Å²) in [5, 5.41) is 22.5. The summed E-state index contributed by atoms with van der Waals surface area (Å²) in [5.41, 5.74) is 5.81. The quantitative estimate of drug-likeness (QED) is 0.380. The minimum absolute atomic E-state index is 0.137. The molecule has 1 aromatic carbocycles. The molecular weight excluding hydrogens is 460 g/mol. The van der Waals surface area contributed by atoms with E-state index in [1.165, 1.54) is 30.7 Å². The maximum Gasteiger partial charge on any atom is 0.284 e. The van der Waals surface area contributed by atoms with Crippen LogP contribution in [0.4, 0.5) is 17.2 Å². The van der Waals surface area contributed by atoms with Gasteiger partial charge in [-0.1, -0.05) is 0 Å². The fourth-order valence-electron chi connectivity index (χ4n) is 3.62. The van der Waals surface area contributed by atoms with Crippen LogP contribution in [0, 0.1) is 16.0 Å². The molecule has 176 valence electrons. The molecule has 2 amide bonds. The Morgan fingerprint density at radius 1 is 1.29 bits per heavy atom. The minimum Gasteiger partial charge on any atom is -0.369 e. The maximum absolute atomic E-state index is 12.7. The number of primary amides is 1. The number of amides is 2. The Labute approximate surface area is 198 Å². The van der Waals surface area contributed by atoms with E-state index in [2.05, 4.69) is 20.5 Å². The summed E-state index contributed by atoms with van der Waals surface area (Å²) in [6.07, 6.45) is 4.62. The molecule has 3 aromatic rings. The highest BCUT2D eigenvalue weighted by Gasteiger charge is 2.25. The van der Waals surface area contributed by atoms with Crippen LogP contribution in [0.3, 0.4) is 0 Å². The molecule has 2 aromatic heterocycles. The maximum atomic E-state index is 12.7. The van der Waals surface area contributed by atoms with E-state index in [4.69, 9.17) is 5.73 Å². The number of pyridine rings is 1. The number of benzene rings is 1. The van der Waals surface area contributed by atoms with Gasteiger partial charge in [-0.3, -0.25) is 19.7 Å². The van der Waals surface area contributed by atoms with Gasteiger partial charge in [0.15, 0.2) is 5.16 Å². The predicted octanol–water partition coefficient (Wildman–Crippen LogP) is 2.22. The van der Waals surface area contributed by atoms with Gasteiger partial charge in [0, 0.05) is 31.8 Å². The lowest BCUT2D eigenvalue weighted by Crippen LogP contribution is -2.41. The second-order valence-electron chi connectivity index (χ2n) is 7.81. The second kappa shape index (κ2) is 9.87. The minimum atomic E-state index is -0.538. The zero-order valence-corrected chi connectivity index (χ0v) is 19.1. The van der Waals surface area contributed by atoms with Gasteiger partial charge in [-0.25, -0.2) is 4.98 Å². The molecule has 0 spiro atoms. The molecule has 0 radical (unpaired) electrons. The number of carbonyl (C=O) groups is 2. The number of nitro benzene ring substituents is 1. The highest BCUT2D eigenvalue weighted by Crippen LogP contribution is 2.34. The zero-order chi connectivity index (χ0) is 24.2. The molecule has 13 heteroatoms. The Morgan fingerprint density at radius 2 is 2.12 bits per heavy atom. The molecule has 12 nitrogen and oxygen atoms in total. The molecule has 1 aliphatic heterocycles. The van der Waals surface area contributed by atoms with Gasteiger partial charge in [-0.05, 0) is 48.9 Å². The molecule has 1 aliphatic rings. The number of nitrogens with two attached hydrogens (primary N) is 1. The molecular formula is C21H22N8O4S. The van der Waals surface area contributed by atoms with Gasteiger partial charge >= 0.3 is 0 Å². The van der Waals surface area contributed by atoms with E-state index in [0.717, 1.165) is 31.1 Å². The van der Waals surface area contributed by atoms with Crippen LogP contribution in [0.1, 0.15) is 23.2 Å². The first-order chi connectivity index (χ1) is 16.3. The number of nitro groups is 1. The monoisotopic (exact) mass is 482 g/mol. The van der Waals surface area contributed by atoms with E-state index in [-0.39, 0.29) is 23.1 Å². The highest BCUT2D eigenvalue weighted by atomic mass is 32.2. The predicted molar refractivity (Wildman–Crippen MR) is 125 cm³/mol. The molecule has 4 rings (SSSR count). The largest absolute Gasteiger partial charge is 0.369 e. The van der Waals surface area contributed by atoms with Gasteiger partial charge in [0.25, 0.3) is 11.6 Å². The van der Waals surface area contributed by atoms with Gasteiger partial charge < -0.3 is 20.5 Å². The average Bonchev–Trinajstić information content (AvgIpc) is 3.23. The lowest BCUT2D eigenvalue weighted by Gasteiger charge is -2.32. The van der Waals surface area contributed by atoms with Crippen LogP contribution in [0.5, 0.6) is 0 Å². The smallest absolute Gasteiger partial charge is 0.284 e. The Kier molecular flexibility index (Phi) is 6.72. The van der Waals surface area contributed by atoms with Crippen molar-refractivity contribution in [1.29, 1.82) is 0 Å². The number of anilines is 2. The standard InChI is InChI=1S/C21H22N8O4S/c1-27-12-24-26-21(27)34-17-6-4-13(9-16(17)29(32)33)20(31)25-15-5-7-18(23-10-15)28-8-2-3-14(11-28)19(22)30/h4-7,9-10,12,14H,2-3,8,11H2,1H3,(H2,22,30)(H,25,31). The van der Waals surface area contributed by atoms with Crippen molar-refractivity contribution < 1.29 is 14.5 Å². The van der Waals surface area contributed by atoms with Crippen LogP contribution in [0.2, 0.25) is 0 Å². The number of piperidine rings is 1. The fraction of sp³-hybridized carbons (Fsp3) is 0.286. The van der Waals surface area contributed by atoms with E-state index >= 15 is 0 Å². The van der Waals surface area contributed by atoms with Crippen molar-refractivity contribution in [2.75, 3.05) is 23.3 Å². The average molecular weight is 483 g/mol. The van der Waals surface area contributed by atoms with Crippen molar-refractivity contribution in [3.8, 4) is 0 Å². The van der Waals surface area contributed by atoms with E-state index in [1.54, 1.807) is 23.7 Å². The van der Waals surface area contributed by atoms with Gasteiger partial charge in [-0.2, -0.15) is 0 Å². The van der Waals surface area contributed by atoms with Crippen LogP contribution < -0.4 is 16.0 Å². The van der Waals surface area contributed by atoms with Crippen molar-refractivity contribution in [3.05, 3.63) is 58.5 Å². The molecule has 0 saturated carbocycles. The van der Waals surface area contributed by atoms with Crippen LogP contribution in [-0.2, 0) is 11.8 Å². The normalized spacial score (nSPS) is 15.7. The molecule has 34 heavy (non-hydrogen) atoms. The fourth-order valence-corrected chi connectivity index (χ4v) is 4.47. The number of aromatic nitrogens is 4. The number of hydrogen-bond acceptors (Lipinski definition) is 9. The van der Waals surface area contributed by atoms with Crippen molar-refractivity contribution in [2.45, 2.75) is 22.9 Å². The van der Waals surface area contributed by atoms with Gasteiger partial charge in [0.2, 0.25) is 5.91 Å². The number of aryl methyl sites for hydroxylation is 1. The van der Waals surface area contributed by atoms with Crippen LogP contribution in [0.25, 0.3) is 0 Å². The van der Waals surface area contributed by atoms with E-state index in [9.17, 15) is 19.7 Å². The lowest BCUT2D eigenvalue weighted by molar-refractivity contribution is -0.387. The number of carbonyl (C=O) groups excluding carboxylic acids is 2. The zero-order valence-electron chi connectivity index (χ0n) is 18.2. The molecule has 1 saturated heterocycles. The molecule has 0 bridgehead atoms. The third-order valence-electron chi connectivity index (χ3n) is 5.44. The Bertz CT molecular complexity index is 1230. The molecule has 1 fully saturated rings.